The van der Waals surface area contributed by atoms with E-state index in [1.54, 1.807) is 36.5 Å². The van der Waals surface area contributed by atoms with Crippen molar-refractivity contribution in [2.75, 3.05) is 6.61 Å². The quantitative estimate of drug-likeness (QED) is 0.649. The molecule has 1 aromatic carbocycles. The van der Waals surface area contributed by atoms with Gasteiger partial charge in [-0.25, -0.2) is 5.43 Å². The number of hydrogen-bond donors (Lipinski definition) is 2. The molecule has 6 nitrogen and oxygen atoms in total. The van der Waals surface area contributed by atoms with Crippen molar-refractivity contribution in [3.8, 4) is 11.5 Å². The number of carbonyl (C=O) groups excluding carboxylic acids is 1. The zero-order valence-corrected chi connectivity index (χ0v) is 11.5. The lowest BCUT2D eigenvalue weighted by Gasteiger charge is -2.07. The molecule has 0 aliphatic heterocycles. The summed E-state index contributed by atoms with van der Waals surface area (Å²) in [7, 11) is 0. The predicted molar refractivity (Wildman–Crippen MR) is 78.6 cm³/mol. The minimum absolute atomic E-state index is 0.0151. The first-order chi connectivity index (χ1) is 10.2. The lowest BCUT2D eigenvalue weighted by atomic mass is 10.2. The van der Waals surface area contributed by atoms with Gasteiger partial charge in [-0.2, -0.15) is 5.10 Å². The van der Waals surface area contributed by atoms with Gasteiger partial charge < -0.3 is 9.84 Å². The third kappa shape index (κ3) is 3.79. The molecule has 1 amide bonds. The van der Waals surface area contributed by atoms with E-state index in [0.29, 0.717) is 23.5 Å². The van der Waals surface area contributed by atoms with Crippen LogP contribution in [0.15, 0.2) is 47.8 Å². The molecule has 0 radical (unpaired) electrons. The van der Waals surface area contributed by atoms with Crippen LogP contribution in [0, 0.1) is 0 Å². The van der Waals surface area contributed by atoms with Crippen molar-refractivity contribution in [3.63, 3.8) is 0 Å². The number of phenols is 1. The second kappa shape index (κ2) is 7.04. The number of ether oxygens (including phenoxy) is 1. The van der Waals surface area contributed by atoms with Crippen LogP contribution in [0.25, 0.3) is 0 Å². The lowest BCUT2D eigenvalue weighted by Crippen LogP contribution is -2.17. The van der Waals surface area contributed by atoms with Crippen molar-refractivity contribution in [1.29, 1.82) is 0 Å². The Kier molecular flexibility index (Phi) is 4.87. The maximum absolute atomic E-state index is 11.7. The van der Waals surface area contributed by atoms with Gasteiger partial charge in [0.2, 0.25) is 0 Å². The van der Waals surface area contributed by atoms with Crippen LogP contribution >= 0.6 is 0 Å². The van der Waals surface area contributed by atoms with E-state index in [4.69, 9.17) is 4.74 Å². The molecule has 2 aromatic rings. The molecule has 1 heterocycles. The molecule has 21 heavy (non-hydrogen) atoms. The Bertz CT molecular complexity index is 642. The van der Waals surface area contributed by atoms with Crippen molar-refractivity contribution in [1.82, 2.24) is 10.4 Å². The molecule has 2 N–H and O–H groups in total. The summed E-state index contributed by atoms with van der Waals surface area (Å²) >= 11 is 0. The average Bonchev–Trinajstić information content (AvgIpc) is 2.52. The fourth-order valence-corrected chi connectivity index (χ4v) is 1.64. The molecule has 0 unspecified atom stereocenters. The number of pyridine rings is 1. The molecule has 0 atom stereocenters. The number of nitrogens with zero attached hydrogens (tertiary/aromatic N) is 2. The van der Waals surface area contributed by atoms with Gasteiger partial charge in [-0.15, -0.1) is 0 Å². The molecular formula is C15H15N3O3. The monoisotopic (exact) mass is 285 g/mol. The van der Waals surface area contributed by atoms with E-state index in [-0.39, 0.29) is 11.7 Å². The molecule has 0 bridgehead atoms. The third-order valence-corrected chi connectivity index (χ3v) is 2.62. The minimum atomic E-state index is -0.375. The molecule has 108 valence electrons. The highest BCUT2D eigenvalue weighted by molar-refractivity contribution is 5.94. The van der Waals surface area contributed by atoms with Crippen LogP contribution in [0.5, 0.6) is 11.5 Å². The van der Waals surface area contributed by atoms with Crippen molar-refractivity contribution < 1.29 is 14.6 Å². The number of nitrogens with one attached hydrogen (secondary N) is 1. The normalized spacial score (nSPS) is 10.5. The molecular weight excluding hydrogens is 270 g/mol. The molecule has 2 rings (SSSR count). The maximum atomic E-state index is 11.7. The Labute approximate surface area is 122 Å². The van der Waals surface area contributed by atoms with Gasteiger partial charge >= 0.3 is 0 Å². The first kappa shape index (κ1) is 14.5. The molecule has 0 spiro atoms. The van der Waals surface area contributed by atoms with Gasteiger partial charge in [-0.1, -0.05) is 6.07 Å². The zero-order chi connectivity index (χ0) is 15.1. The molecule has 0 saturated carbocycles. The molecule has 0 saturated heterocycles. The second-order valence-corrected chi connectivity index (χ2v) is 4.07. The van der Waals surface area contributed by atoms with E-state index in [1.807, 2.05) is 6.92 Å². The van der Waals surface area contributed by atoms with Gasteiger partial charge in [0.15, 0.2) is 11.5 Å². The molecule has 0 fully saturated rings. The number of hydrazone groups is 1. The number of benzene rings is 1. The molecule has 6 heteroatoms. The molecule has 0 aliphatic carbocycles. The van der Waals surface area contributed by atoms with E-state index in [1.165, 1.54) is 12.4 Å². The number of phenolic OH excluding ortho intramolecular Hbond substituents is 1. The van der Waals surface area contributed by atoms with Crippen molar-refractivity contribution in [3.05, 3.63) is 53.9 Å². The highest BCUT2D eigenvalue weighted by Crippen LogP contribution is 2.28. The van der Waals surface area contributed by atoms with E-state index in [9.17, 15) is 9.90 Å². The van der Waals surface area contributed by atoms with E-state index in [0.717, 1.165) is 0 Å². The summed E-state index contributed by atoms with van der Waals surface area (Å²) < 4.78 is 5.27. The Morgan fingerprint density at radius 3 is 3.00 bits per heavy atom. The fourth-order valence-electron chi connectivity index (χ4n) is 1.64. The Morgan fingerprint density at radius 1 is 1.43 bits per heavy atom. The van der Waals surface area contributed by atoms with Crippen LogP contribution in [0.2, 0.25) is 0 Å². The van der Waals surface area contributed by atoms with Gasteiger partial charge in [0.1, 0.15) is 0 Å². The Hall–Kier alpha value is -2.89. The van der Waals surface area contributed by atoms with E-state index >= 15 is 0 Å². The summed E-state index contributed by atoms with van der Waals surface area (Å²) in [5, 5.41) is 13.8. The van der Waals surface area contributed by atoms with Crippen LogP contribution in [0.4, 0.5) is 0 Å². The van der Waals surface area contributed by atoms with Gasteiger partial charge in [-0.05, 0) is 31.2 Å². The van der Waals surface area contributed by atoms with Crippen molar-refractivity contribution in [2.24, 2.45) is 5.10 Å². The Morgan fingerprint density at radius 2 is 2.29 bits per heavy atom. The van der Waals surface area contributed by atoms with Gasteiger partial charge in [0.05, 0.1) is 18.4 Å². The van der Waals surface area contributed by atoms with E-state index in [2.05, 4.69) is 15.5 Å². The predicted octanol–water partition coefficient (Wildman–Crippen LogP) is 1.95. The van der Waals surface area contributed by atoms with Gasteiger partial charge in [0, 0.05) is 18.0 Å². The Balaban J connectivity index is 2.05. The summed E-state index contributed by atoms with van der Waals surface area (Å²) in [6.45, 7) is 2.28. The van der Waals surface area contributed by atoms with Gasteiger partial charge in [0.25, 0.3) is 5.91 Å². The second-order valence-electron chi connectivity index (χ2n) is 4.07. The highest BCUT2D eigenvalue weighted by Gasteiger charge is 2.06. The van der Waals surface area contributed by atoms with Crippen LogP contribution in [0.3, 0.4) is 0 Å². The number of aromatic nitrogens is 1. The van der Waals surface area contributed by atoms with Crippen molar-refractivity contribution >= 4 is 12.1 Å². The SMILES string of the molecule is CCOc1cccc(/C=N\NC(=O)c2cccnc2)c1O. The first-order valence-corrected chi connectivity index (χ1v) is 6.40. The molecule has 0 aliphatic rings. The maximum Gasteiger partial charge on any atom is 0.272 e. The van der Waals surface area contributed by atoms with Crippen LogP contribution in [0.1, 0.15) is 22.8 Å². The number of amides is 1. The zero-order valence-electron chi connectivity index (χ0n) is 11.5. The van der Waals surface area contributed by atoms with Crippen LogP contribution in [-0.2, 0) is 0 Å². The van der Waals surface area contributed by atoms with Gasteiger partial charge in [-0.3, -0.25) is 9.78 Å². The van der Waals surface area contributed by atoms with E-state index < -0.39 is 0 Å². The minimum Gasteiger partial charge on any atom is -0.504 e. The lowest BCUT2D eigenvalue weighted by molar-refractivity contribution is 0.0954. The first-order valence-electron chi connectivity index (χ1n) is 6.40. The summed E-state index contributed by atoms with van der Waals surface area (Å²) in [6, 6.07) is 8.35. The largest absolute Gasteiger partial charge is 0.504 e. The number of hydrogen-bond acceptors (Lipinski definition) is 5. The topological polar surface area (TPSA) is 83.8 Å². The van der Waals surface area contributed by atoms with Crippen LogP contribution in [-0.4, -0.2) is 28.8 Å². The number of para-hydroxylation sites is 1. The number of aromatic hydroxyl groups is 1. The van der Waals surface area contributed by atoms with Crippen molar-refractivity contribution in [2.45, 2.75) is 6.92 Å². The summed E-state index contributed by atoms with van der Waals surface area (Å²) in [5.41, 5.74) is 3.22. The standard InChI is InChI=1S/C15H15N3O3/c1-2-21-13-7-3-5-11(14(13)19)10-17-18-15(20)12-6-4-8-16-9-12/h3-10,19H,2H2,1H3,(H,18,20)/b17-10-. The average molecular weight is 285 g/mol. The smallest absolute Gasteiger partial charge is 0.272 e. The summed E-state index contributed by atoms with van der Waals surface area (Å²) in [5.74, 6) is -0.0152. The fraction of sp³-hybridized carbons (Fsp3) is 0.133. The highest BCUT2D eigenvalue weighted by atomic mass is 16.5. The van der Waals surface area contributed by atoms with Crippen LogP contribution < -0.4 is 10.2 Å². The third-order valence-electron chi connectivity index (χ3n) is 2.62. The molecule has 1 aromatic heterocycles. The number of rotatable bonds is 5. The summed E-state index contributed by atoms with van der Waals surface area (Å²) in [6.07, 6.45) is 4.38. The number of carbonyl (C=O) groups is 1. The summed E-state index contributed by atoms with van der Waals surface area (Å²) in [4.78, 5) is 15.6.